The van der Waals surface area contributed by atoms with Crippen LogP contribution in [0.25, 0.3) is 0 Å². The molecule has 0 spiro atoms. The van der Waals surface area contributed by atoms with Crippen molar-refractivity contribution in [2.24, 2.45) is 7.05 Å². The molecule has 1 heterocycles. The van der Waals surface area contributed by atoms with Crippen LogP contribution in [0.4, 0.5) is 0 Å². The maximum atomic E-state index is 11.1. The number of carbonyl (C=O) groups is 1. The Morgan fingerprint density at radius 3 is 2.64 bits per heavy atom. The van der Waals surface area contributed by atoms with Crippen molar-refractivity contribution in [3.05, 3.63) is 16.4 Å². The van der Waals surface area contributed by atoms with Crippen LogP contribution in [-0.4, -0.2) is 15.6 Å². The van der Waals surface area contributed by atoms with E-state index in [4.69, 9.17) is 11.6 Å². The summed E-state index contributed by atoms with van der Waals surface area (Å²) in [5.74, 6) is 0.268. The van der Waals surface area contributed by atoms with Crippen LogP contribution in [0.3, 0.4) is 0 Å². The summed E-state index contributed by atoms with van der Waals surface area (Å²) in [5, 5.41) is 4.83. The Labute approximate surface area is 89.1 Å². The van der Waals surface area contributed by atoms with E-state index in [1.165, 1.54) is 0 Å². The molecule has 0 saturated carbocycles. The number of aryl methyl sites for hydroxylation is 2. The molecule has 0 aliphatic carbocycles. The lowest BCUT2D eigenvalue weighted by Crippen LogP contribution is -1.98. The second-order valence-electron chi connectivity index (χ2n) is 3.37. The van der Waals surface area contributed by atoms with Crippen LogP contribution < -0.4 is 0 Å². The number of hydrogen-bond donors (Lipinski definition) is 0. The molecule has 1 aromatic heterocycles. The van der Waals surface area contributed by atoms with E-state index < -0.39 is 0 Å². The molecule has 0 aromatic carbocycles. The summed E-state index contributed by atoms with van der Waals surface area (Å²) < 4.78 is 1.64. The van der Waals surface area contributed by atoms with Gasteiger partial charge in [0.1, 0.15) is 10.9 Å². The molecular weight excluding hydrogens is 200 g/mol. The van der Waals surface area contributed by atoms with E-state index in [1.54, 1.807) is 11.7 Å². The monoisotopic (exact) mass is 214 g/mol. The van der Waals surface area contributed by atoms with Gasteiger partial charge in [-0.1, -0.05) is 18.5 Å². The van der Waals surface area contributed by atoms with Gasteiger partial charge in [-0.3, -0.25) is 9.48 Å². The smallest absolute Gasteiger partial charge is 0.132 e. The van der Waals surface area contributed by atoms with Gasteiger partial charge >= 0.3 is 0 Å². The molecule has 0 aliphatic heterocycles. The van der Waals surface area contributed by atoms with Crippen LogP contribution in [0.5, 0.6) is 0 Å². The number of aromatic nitrogens is 2. The number of halogens is 1. The van der Waals surface area contributed by atoms with Gasteiger partial charge in [-0.15, -0.1) is 0 Å². The molecule has 0 radical (unpaired) electrons. The first-order valence-electron chi connectivity index (χ1n) is 4.76. The highest BCUT2D eigenvalue weighted by Gasteiger charge is 2.11. The highest BCUT2D eigenvalue weighted by atomic mass is 35.5. The number of carbonyl (C=O) groups excluding carboxylic acids is 1. The Kier molecular flexibility index (Phi) is 3.69. The predicted molar refractivity (Wildman–Crippen MR) is 56.6 cm³/mol. The highest BCUT2D eigenvalue weighted by molar-refractivity contribution is 6.30. The van der Waals surface area contributed by atoms with Gasteiger partial charge in [0.2, 0.25) is 0 Å². The lowest BCUT2D eigenvalue weighted by molar-refractivity contribution is -0.118. The first-order valence-corrected chi connectivity index (χ1v) is 5.13. The fourth-order valence-corrected chi connectivity index (χ4v) is 1.67. The summed E-state index contributed by atoms with van der Waals surface area (Å²) in [7, 11) is 1.81. The lowest BCUT2D eigenvalue weighted by atomic mass is 10.1. The summed E-state index contributed by atoms with van der Waals surface area (Å²) in [5.41, 5.74) is 1.91. The van der Waals surface area contributed by atoms with Crippen molar-refractivity contribution in [1.82, 2.24) is 9.78 Å². The minimum atomic E-state index is 0.268. The molecule has 1 aromatic rings. The second kappa shape index (κ2) is 4.60. The van der Waals surface area contributed by atoms with Crippen LogP contribution in [0.15, 0.2) is 0 Å². The van der Waals surface area contributed by atoms with Crippen molar-refractivity contribution in [1.29, 1.82) is 0 Å². The van der Waals surface area contributed by atoms with E-state index in [1.807, 2.05) is 13.8 Å². The second-order valence-corrected chi connectivity index (χ2v) is 3.73. The normalized spacial score (nSPS) is 10.6. The largest absolute Gasteiger partial charge is 0.300 e. The summed E-state index contributed by atoms with van der Waals surface area (Å²) in [6, 6.07) is 0. The summed E-state index contributed by atoms with van der Waals surface area (Å²) in [4.78, 5) is 11.1. The number of ketones is 1. The van der Waals surface area contributed by atoms with Crippen LogP contribution in [0.1, 0.15) is 31.0 Å². The average molecular weight is 215 g/mol. The van der Waals surface area contributed by atoms with Crippen molar-refractivity contribution in [3.8, 4) is 0 Å². The molecule has 1 rings (SSSR count). The quantitative estimate of drug-likeness (QED) is 0.771. The third kappa shape index (κ3) is 2.35. The predicted octanol–water partition coefficient (Wildman–Crippen LogP) is 2.29. The highest BCUT2D eigenvalue weighted by Crippen LogP contribution is 2.20. The van der Waals surface area contributed by atoms with Crippen molar-refractivity contribution in [3.63, 3.8) is 0 Å². The third-order valence-electron chi connectivity index (χ3n) is 2.32. The molecule has 0 amide bonds. The number of rotatable bonds is 4. The van der Waals surface area contributed by atoms with E-state index in [0.29, 0.717) is 24.4 Å². The molecule has 0 bridgehead atoms. The molecule has 0 N–H and O–H groups in total. The zero-order chi connectivity index (χ0) is 10.7. The van der Waals surface area contributed by atoms with Crippen molar-refractivity contribution < 1.29 is 4.79 Å². The van der Waals surface area contributed by atoms with Gasteiger partial charge in [0, 0.05) is 25.5 Å². The van der Waals surface area contributed by atoms with Crippen molar-refractivity contribution >= 4 is 17.4 Å². The first kappa shape index (κ1) is 11.2. The molecule has 14 heavy (non-hydrogen) atoms. The number of hydrogen-bond acceptors (Lipinski definition) is 2. The van der Waals surface area contributed by atoms with Gasteiger partial charge in [0.05, 0.1) is 5.69 Å². The topological polar surface area (TPSA) is 34.9 Å². The molecule has 0 atom stereocenters. The maximum absolute atomic E-state index is 11.1. The molecular formula is C10H15ClN2O. The fraction of sp³-hybridized carbons (Fsp3) is 0.600. The zero-order valence-electron chi connectivity index (χ0n) is 8.80. The van der Waals surface area contributed by atoms with Crippen molar-refractivity contribution in [2.75, 3.05) is 0 Å². The van der Waals surface area contributed by atoms with Crippen LogP contribution in [0.2, 0.25) is 5.15 Å². The van der Waals surface area contributed by atoms with E-state index >= 15 is 0 Å². The van der Waals surface area contributed by atoms with E-state index in [2.05, 4.69) is 5.10 Å². The van der Waals surface area contributed by atoms with E-state index in [9.17, 15) is 4.79 Å². The zero-order valence-corrected chi connectivity index (χ0v) is 9.56. The van der Waals surface area contributed by atoms with Gasteiger partial charge in [0.25, 0.3) is 0 Å². The SMILES string of the molecule is CCC(=O)CCc1c(C)nn(C)c1Cl. The standard InChI is InChI=1S/C10H15ClN2O/c1-4-8(14)5-6-9-7(2)12-13(3)10(9)11/h4-6H2,1-3H3. The van der Waals surface area contributed by atoms with Crippen molar-refractivity contribution in [2.45, 2.75) is 33.1 Å². The summed E-state index contributed by atoms with van der Waals surface area (Å²) in [6.07, 6.45) is 1.85. The molecule has 0 fully saturated rings. The maximum Gasteiger partial charge on any atom is 0.132 e. The van der Waals surface area contributed by atoms with Gasteiger partial charge < -0.3 is 0 Å². The molecule has 4 heteroatoms. The number of Topliss-reactive ketones (excluding diaryl/α,β-unsaturated/α-hetero) is 1. The van der Waals surface area contributed by atoms with Gasteiger partial charge in [-0.25, -0.2) is 0 Å². The molecule has 0 unspecified atom stereocenters. The fourth-order valence-electron chi connectivity index (χ4n) is 1.40. The minimum absolute atomic E-state index is 0.268. The Bertz CT molecular complexity index is 344. The van der Waals surface area contributed by atoms with E-state index in [0.717, 1.165) is 11.3 Å². The lowest BCUT2D eigenvalue weighted by Gasteiger charge is -1.98. The molecule has 3 nitrogen and oxygen atoms in total. The van der Waals surface area contributed by atoms with Gasteiger partial charge in [0.15, 0.2) is 0 Å². The Hall–Kier alpha value is -0.830. The van der Waals surface area contributed by atoms with Crippen LogP contribution >= 0.6 is 11.6 Å². The Balaban J connectivity index is 2.71. The summed E-state index contributed by atoms with van der Waals surface area (Å²) in [6.45, 7) is 3.79. The van der Waals surface area contributed by atoms with Crippen LogP contribution in [-0.2, 0) is 18.3 Å². The van der Waals surface area contributed by atoms with Gasteiger partial charge in [-0.2, -0.15) is 5.10 Å². The molecule has 0 aliphatic rings. The summed E-state index contributed by atoms with van der Waals surface area (Å²) >= 11 is 6.03. The Morgan fingerprint density at radius 1 is 1.57 bits per heavy atom. The molecule has 78 valence electrons. The third-order valence-corrected chi connectivity index (χ3v) is 2.79. The average Bonchev–Trinajstić information content (AvgIpc) is 2.39. The number of nitrogens with zero attached hydrogens (tertiary/aromatic N) is 2. The van der Waals surface area contributed by atoms with Gasteiger partial charge in [-0.05, 0) is 13.3 Å². The first-order chi connectivity index (χ1) is 6.56. The van der Waals surface area contributed by atoms with E-state index in [-0.39, 0.29) is 5.78 Å². The Morgan fingerprint density at radius 2 is 2.21 bits per heavy atom. The molecule has 0 saturated heterocycles. The minimum Gasteiger partial charge on any atom is -0.300 e. The van der Waals surface area contributed by atoms with Crippen LogP contribution in [0, 0.1) is 6.92 Å².